The van der Waals surface area contributed by atoms with Crippen LogP contribution in [0.3, 0.4) is 0 Å². The number of benzene rings is 4. The first-order valence-electron chi connectivity index (χ1n) is 26.0. The third kappa shape index (κ3) is 8.42. The number of nitrogens with one attached hydrogen (secondary N) is 4. The van der Waals surface area contributed by atoms with Crippen LogP contribution in [0.5, 0.6) is 0 Å². The summed E-state index contributed by atoms with van der Waals surface area (Å²) in [6, 6.07) is 57.2. The number of fused-ring (bicyclic) bond motifs is 16. The Hall–Kier alpha value is -11.7. The van der Waals surface area contributed by atoms with Crippen LogP contribution in [-0.4, -0.2) is 39.9 Å². The maximum absolute atomic E-state index is 6.28. The third-order valence-electron chi connectivity index (χ3n) is 14.5. The zero-order chi connectivity index (χ0) is 53.5. The van der Waals surface area contributed by atoms with E-state index in [1.807, 2.05) is 158 Å². The van der Waals surface area contributed by atoms with Crippen molar-refractivity contribution in [2.45, 2.75) is 0 Å². The van der Waals surface area contributed by atoms with Gasteiger partial charge in [0.1, 0.15) is 0 Å². The summed E-state index contributed by atoms with van der Waals surface area (Å²) in [5.41, 5.74) is 22.5. The lowest BCUT2D eigenvalue weighted by Gasteiger charge is -2.04. The predicted octanol–water partition coefficient (Wildman–Crippen LogP) is 15.7. The molecular formula is C72H42N8. The lowest BCUT2D eigenvalue weighted by Crippen LogP contribution is -1.89. The summed E-state index contributed by atoms with van der Waals surface area (Å²) in [5.74, 6) is 19.4. The second-order valence-corrected chi connectivity index (χ2v) is 19.3. The van der Waals surface area contributed by atoms with E-state index in [2.05, 4.69) is 116 Å². The van der Waals surface area contributed by atoms with Crippen molar-refractivity contribution in [3.63, 3.8) is 0 Å². The SMILES string of the molecule is C#Cc1c2nc(c(-c3ccccc3)c3ccc([nH]3)c(C#CC#Cc3c4nc(c(-c5ccccc5)c5ccc([nH]5)c(C#C)c5nc(c(-c6ccccc6)c6ccc3[nH]6)C=C5)C=C4)c3nc(c(-c4ccccc4)c4ccc1[nH]4)C=C3)C=C2. The molecule has 6 aromatic heterocycles. The van der Waals surface area contributed by atoms with Crippen molar-refractivity contribution in [2.24, 2.45) is 0 Å². The minimum Gasteiger partial charge on any atom is -0.354 e. The van der Waals surface area contributed by atoms with Gasteiger partial charge in [0.25, 0.3) is 0 Å². The van der Waals surface area contributed by atoms with Gasteiger partial charge in [-0.25, -0.2) is 19.9 Å². The molecule has 370 valence electrons. The molecule has 4 aromatic carbocycles. The number of hydrogen-bond acceptors (Lipinski definition) is 4. The Bertz CT molecular complexity index is 4560. The molecule has 0 unspecified atom stereocenters. The van der Waals surface area contributed by atoms with Gasteiger partial charge in [-0.15, -0.1) is 12.8 Å². The van der Waals surface area contributed by atoms with Gasteiger partial charge < -0.3 is 19.9 Å². The first-order valence-corrected chi connectivity index (χ1v) is 26.0. The highest BCUT2D eigenvalue weighted by atomic mass is 14.8. The van der Waals surface area contributed by atoms with Gasteiger partial charge in [-0.05, 0) is 143 Å². The van der Waals surface area contributed by atoms with Crippen LogP contribution in [0.1, 0.15) is 67.8 Å². The van der Waals surface area contributed by atoms with E-state index in [9.17, 15) is 0 Å². The lowest BCUT2D eigenvalue weighted by atomic mass is 10.0. The van der Waals surface area contributed by atoms with Crippen molar-refractivity contribution in [3.05, 3.63) is 238 Å². The fourth-order valence-electron chi connectivity index (χ4n) is 10.8. The summed E-state index contributed by atoms with van der Waals surface area (Å²) in [5, 5.41) is 0. The Morgan fingerprint density at radius 3 is 0.738 bits per heavy atom. The van der Waals surface area contributed by atoms with Crippen LogP contribution in [-0.2, 0) is 0 Å². The fourth-order valence-corrected chi connectivity index (χ4v) is 10.8. The Balaban J connectivity index is 1.03. The highest BCUT2D eigenvalue weighted by molar-refractivity contribution is 5.98. The van der Waals surface area contributed by atoms with Gasteiger partial charge >= 0.3 is 0 Å². The minimum absolute atomic E-state index is 0.657. The molecule has 0 saturated carbocycles. The summed E-state index contributed by atoms with van der Waals surface area (Å²) in [6.45, 7) is 0. The maximum Gasteiger partial charge on any atom is 0.0815 e. The number of rotatable bonds is 4. The Labute approximate surface area is 460 Å². The van der Waals surface area contributed by atoms with E-state index in [0.717, 1.165) is 111 Å². The van der Waals surface area contributed by atoms with Gasteiger partial charge in [-0.1, -0.05) is 133 Å². The number of hydrogen-bond donors (Lipinski definition) is 4. The predicted molar refractivity (Wildman–Crippen MR) is 329 cm³/mol. The molecule has 0 atom stereocenters. The van der Waals surface area contributed by atoms with E-state index in [-0.39, 0.29) is 0 Å². The summed E-state index contributed by atoms with van der Waals surface area (Å²) in [6.07, 6.45) is 28.7. The molecule has 0 amide bonds. The second-order valence-electron chi connectivity index (χ2n) is 19.3. The largest absolute Gasteiger partial charge is 0.354 e. The highest BCUT2D eigenvalue weighted by Crippen LogP contribution is 2.37. The van der Waals surface area contributed by atoms with Crippen LogP contribution < -0.4 is 0 Å². The van der Waals surface area contributed by atoms with Gasteiger partial charge in [0.15, 0.2) is 0 Å². The molecule has 8 heteroatoms. The van der Waals surface area contributed by atoms with Crippen molar-refractivity contribution < 1.29 is 0 Å². The van der Waals surface area contributed by atoms with Crippen LogP contribution in [0.25, 0.3) is 137 Å². The topological polar surface area (TPSA) is 115 Å². The maximum atomic E-state index is 6.28. The molecule has 16 bridgehead atoms. The Morgan fingerprint density at radius 2 is 0.475 bits per heavy atom. The molecule has 10 aromatic rings. The molecule has 4 aliphatic rings. The number of aromatic amines is 4. The van der Waals surface area contributed by atoms with Crippen LogP contribution in [0, 0.1) is 48.4 Å². The molecule has 0 fully saturated rings. The molecule has 0 aliphatic carbocycles. The highest BCUT2D eigenvalue weighted by Gasteiger charge is 2.19. The molecule has 14 rings (SSSR count). The Morgan fingerprint density at radius 1 is 0.250 bits per heavy atom. The number of terminal acetylenes is 2. The molecule has 0 radical (unpaired) electrons. The van der Waals surface area contributed by atoms with Crippen molar-refractivity contribution >= 4 is 92.7 Å². The summed E-state index contributed by atoms with van der Waals surface area (Å²) in [4.78, 5) is 35.9. The van der Waals surface area contributed by atoms with Crippen LogP contribution in [0.2, 0.25) is 0 Å². The van der Waals surface area contributed by atoms with Crippen LogP contribution >= 0.6 is 0 Å². The quantitative estimate of drug-likeness (QED) is 0.131. The molecule has 80 heavy (non-hydrogen) atoms. The van der Waals surface area contributed by atoms with E-state index in [4.69, 9.17) is 32.8 Å². The third-order valence-corrected chi connectivity index (χ3v) is 14.5. The minimum atomic E-state index is 0.657. The smallest absolute Gasteiger partial charge is 0.0815 e. The zero-order valence-corrected chi connectivity index (χ0v) is 42.7. The van der Waals surface area contributed by atoms with Gasteiger partial charge in [0.2, 0.25) is 0 Å². The molecule has 8 nitrogen and oxygen atoms in total. The number of H-pyrrole nitrogens is 4. The molecule has 0 spiro atoms. The summed E-state index contributed by atoms with van der Waals surface area (Å²) in [7, 11) is 0. The van der Waals surface area contributed by atoms with E-state index in [1.54, 1.807) is 0 Å². The van der Waals surface area contributed by atoms with Crippen molar-refractivity contribution in [2.75, 3.05) is 0 Å². The van der Waals surface area contributed by atoms with Crippen molar-refractivity contribution in [3.8, 4) is 92.9 Å². The van der Waals surface area contributed by atoms with Crippen LogP contribution in [0.15, 0.2) is 170 Å². The van der Waals surface area contributed by atoms with Crippen LogP contribution in [0.4, 0.5) is 0 Å². The van der Waals surface area contributed by atoms with Crippen molar-refractivity contribution in [1.82, 2.24) is 39.9 Å². The average Bonchev–Trinajstić information content (AvgIpc) is 4.47. The second kappa shape index (κ2) is 19.8. The van der Waals surface area contributed by atoms with Gasteiger partial charge in [-0.2, -0.15) is 0 Å². The van der Waals surface area contributed by atoms with E-state index < -0.39 is 0 Å². The molecule has 4 N–H and O–H groups in total. The molecule has 10 heterocycles. The molecular weight excluding hydrogens is 977 g/mol. The number of nitrogens with zero attached hydrogens (tertiary/aromatic N) is 4. The van der Waals surface area contributed by atoms with Crippen molar-refractivity contribution in [1.29, 1.82) is 0 Å². The van der Waals surface area contributed by atoms with E-state index in [0.29, 0.717) is 45.0 Å². The lowest BCUT2D eigenvalue weighted by molar-refractivity contribution is 1.30. The summed E-state index contributed by atoms with van der Waals surface area (Å²) >= 11 is 0. The molecule has 0 saturated heterocycles. The first-order chi connectivity index (χ1) is 39.5. The monoisotopic (exact) mass is 1020 g/mol. The van der Waals surface area contributed by atoms with Gasteiger partial charge in [0, 0.05) is 44.3 Å². The fraction of sp³-hybridized carbons (Fsp3) is 0. The average molecular weight is 1020 g/mol. The molecule has 4 aliphatic heterocycles. The Kier molecular flexibility index (Phi) is 11.6. The number of aromatic nitrogens is 8. The van der Waals surface area contributed by atoms with Gasteiger partial charge in [0.05, 0.1) is 89.9 Å². The zero-order valence-electron chi connectivity index (χ0n) is 42.7. The summed E-state index contributed by atoms with van der Waals surface area (Å²) < 4.78 is 0. The standard InChI is InChI=1S/C72H42N8/c1-3-49-53-29-37-61(73-53)69(45-19-9-5-10-20-45)65-41-33-57(77-65)51(58-34-42-66(78-58)70(46-21-11-6-12-22-46)62-38-30-54(49)74-62)27-17-18-28-52-59-35-43-67(79-59)71(47-23-13-7-14-24-47)63-39-31-55(75-63)50(4-2)56-32-40-64(76-56)72(48-25-15-8-16-26-48)68-44-36-60(52)80-68/h1-2,5-16,19-26,29-44,73,75,78,80H. The van der Waals surface area contributed by atoms with Gasteiger partial charge in [-0.3, -0.25) is 0 Å². The van der Waals surface area contributed by atoms with E-state index >= 15 is 0 Å². The van der Waals surface area contributed by atoms with E-state index in [1.165, 1.54) is 0 Å². The normalized spacial score (nSPS) is 11.8. The first kappa shape index (κ1) is 46.8.